The van der Waals surface area contributed by atoms with Gasteiger partial charge >= 0.3 is 12.4 Å². The molecule has 40 heavy (non-hydrogen) atoms. The Kier molecular flexibility index (Phi) is 7.67. The zero-order chi connectivity index (χ0) is 29.4. The fraction of sp³-hybridized carbons (Fsp3) is 0.280. The molecular formula is C25H19F8N5O2. The van der Waals surface area contributed by atoms with Crippen molar-refractivity contribution in [2.24, 2.45) is 0 Å². The van der Waals surface area contributed by atoms with Crippen LogP contribution in [-0.4, -0.2) is 32.0 Å². The second-order valence-electron chi connectivity index (χ2n) is 8.99. The van der Waals surface area contributed by atoms with E-state index in [4.69, 9.17) is 0 Å². The number of aromatic amines is 1. The van der Waals surface area contributed by atoms with Gasteiger partial charge in [0, 0.05) is 30.4 Å². The standard InChI is InChI=1S/C25H19F8N5O2/c1-12(36-20-10-35-37-22(39)21(20)25(31,32)33)6-15(26)11-38-5-4-13-7-17(18(27)8-16(13)23(38)40)19-3-2-14(9-34-19)24(28,29)30/h2-5,7-10,12,15H,6,11H2,1H3,(H2,36,37,39)/t12-,15+/m0/s1. The Bertz CT molecular complexity index is 1650. The van der Waals surface area contributed by atoms with Gasteiger partial charge in [-0.25, -0.2) is 13.9 Å². The number of alkyl halides is 7. The molecule has 4 rings (SSSR count). The number of anilines is 1. The third-order valence-electron chi connectivity index (χ3n) is 5.98. The van der Waals surface area contributed by atoms with Crippen molar-refractivity contribution in [3.63, 3.8) is 0 Å². The van der Waals surface area contributed by atoms with Gasteiger partial charge in [0.15, 0.2) is 0 Å². The van der Waals surface area contributed by atoms with Crippen molar-refractivity contribution in [3.05, 3.63) is 86.6 Å². The van der Waals surface area contributed by atoms with Crippen molar-refractivity contribution < 1.29 is 35.1 Å². The summed E-state index contributed by atoms with van der Waals surface area (Å²) in [7, 11) is 0. The number of hydrogen-bond donors (Lipinski definition) is 2. The van der Waals surface area contributed by atoms with E-state index in [-0.39, 0.29) is 28.5 Å². The van der Waals surface area contributed by atoms with E-state index in [2.05, 4.69) is 15.4 Å². The lowest BCUT2D eigenvalue weighted by Crippen LogP contribution is -2.30. The number of H-pyrrole nitrogens is 1. The van der Waals surface area contributed by atoms with Crippen LogP contribution in [0.3, 0.4) is 0 Å². The van der Waals surface area contributed by atoms with E-state index >= 15 is 0 Å². The van der Waals surface area contributed by atoms with Gasteiger partial charge in [0.1, 0.15) is 17.6 Å². The van der Waals surface area contributed by atoms with E-state index in [1.54, 1.807) is 5.10 Å². The number of nitrogens with one attached hydrogen (secondary N) is 2. The van der Waals surface area contributed by atoms with E-state index in [1.807, 2.05) is 0 Å². The van der Waals surface area contributed by atoms with Crippen molar-refractivity contribution in [3.8, 4) is 11.3 Å². The molecule has 2 N–H and O–H groups in total. The number of pyridine rings is 2. The number of fused-ring (bicyclic) bond motifs is 1. The quantitative estimate of drug-likeness (QED) is 0.283. The fourth-order valence-corrected chi connectivity index (χ4v) is 4.15. The second kappa shape index (κ2) is 10.7. The highest BCUT2D eigenvalue weighted by Gasteiger charge is 2.37. The first-order chi connectivity index (χ1) is 18.6. The summed E-state index contributed by atoms with van der Waals surface area (Å²) in [4.78, 5) is 28.1. The monoisotopic (exact) mass is 573 g/mol. The molecular weight excluding hydrogens is 554 g/mol. The Balaban J connectivity index is 1.51. The number of aromatic nitrogens is 4. The molecule has 0 spiro atoms. The minimum absolute atomic E-state index is 0.0915. The highest BCUT2D eigenvalue weighted by Crippen LogP contribution is 2.33. The normalized spacial score (nSPS) is 13.8. The van der Waals surface area contributed by atoms with Crippen molar-refractivity contribution >= 4 is 16.5 Å². The highest BCUT2D eigenvalue weighted by molar-refractivity contribution is 5.86. The molecule has 2 atom stereocenters. The lowest BCUT2D eigenvalue weighted by molar-refractivity contribution is -0.138. The largest absolute Gasteiger partial charge is 0.423 e. The van der Waals surface area contributed by atoms with Crippen LogP contribution in [0.4, 0.5) is 40.8 Å². The predicted molar refractivity (Wildman–Crippen MR) is 129 cm³/mol. The number of hydrogen-bond acceptors (Lipinski definition) is 5. The Hall–Kier alpha value is -4.30. The van der Waals surface area contributed by atoms with Crippen LogP contribution in [0.2, 0.25) is 0 Å². The molecule has 0 aliphatic heterocycles. The van der Waals surface area contributed by atoms with Gasteiger partial charge < -0.3 is 9.88 Å². The molecule has 0 fully saturated rings. The van der Waals surface area contributed by atoms with Crippen LogP contribution in [0, 0.1) is 5.82 Å². The van der Waals surface area contributed by atoms with Gasteiger partial charge in [0.05, 0.1) is 35.1 Å². The molecule has 212 valence electrons. The highest BCUT2D eigenvalue weighted by atomic mass is 19.4. The zero-order valence-electron chi connectivity index (χ0n) is 20.4. The van der Waals surface area contributed by atoms with Crippen LogP contribution < -0.4 is 16.4 Å². The third-order valence-corrected chi connectivity index (χ3v) is 5.98. The molecule has 0 unspecified atom stereocenters. The number of benzene rings is 1. The van der Waals surface area contributed by atoms with Crippen molar-refractivity contribution in [1.82, 2.24) is 19.7 Å². The third kappa shape index (κ3) is 6.13. The molecule has 0 saturated carbocycles. The molecule has 7 nitrogen and oxygen atoms in total. The van der Waals surface area contributed by atoms with Crippen LogP contribution in [0.15, 0.2) is 58.5 Å². The van der Waals surface area contributed by atoms with Crippen LogP contribution in [-0.2, 0) is 18.9 Å². The molecule has 1 aromatic carbocycles. The van der Waals surface area contributed by atoms with E-state index in [1.165, 1.54) is 25.3 Å². The van der Waals surface area contributed by atoms with E-state index in [0.29, 0.717) is 6.20 Å². The van der Waals surface area contributed by atoms with Crippen LogP contribution in [0.5, 0.6) is 0 Å². The average molecular weight is 573 g/mol. The minimum Gasteiger partial charge on any atom is -0.381 e. The molecule has 0 amide bonds. The summed E-state index contributed by atoms with van der Waals surface area (Å²) in [5.74, 6) is -0.934. The van der Waals surface area contributed by atoms with Crippen molar-refractivity contribution in [1.29, 1.82) is 0 Å². The molecule has 0 bridgehead atoms. The maximum atomic E-state index is 14.8. The molecule has 15 heteroatoms. The summed E-state index contributed by atoms with van der Waals surface area (Å²) in [6, 6.07) is 4.33. The lowest BCUT2D eigenvalue weighted by Gasteiger charge is -2.20. The predicted octanol–water partition coefficient (Wildman–Crippen LogP) is 5.55. The molecule has 0 aliphatic rings. The van der Waals surface area contributed by atoms with E-state index < -0.39 is 64.9 Å². The maximum Gasteiger partial charge on any atom is 0.423 e. The van der Waals surface area contributed by atoms with Crippen LogP contribution in [0.1, 0.15) is 24.5 Å². The summed E-state index contributed by atoms with van der Waals surface area (Å²) in [6.07, 6.45) is -9.15. The SMILES string of the molecule is C[C@@H](C[C@@H](F)Cn1ccc2cc(-c3ccc(C(F)(F)F)cn3)c(F)cc2c1=O)Nc1cn[nH]c(=O)c1C(F)(F)F. The molecule has 0 saturated heterocycles. The maximum absolute atomic E-state index is 14.8. The summed E-state index contributed by atoms with van der Waals surface area (Å²) in [6.45, 7) is 0.869. The number of nitrogens with zero attached hydrogens (tertiary/aromatic N) is 3. The molecule has 3 heterocycles. The number of rotatable bonds is 7. The first kappa shape index (κ1) is 28.7. The smallest absolute Gasteiger partial charge is 0.381 e. The topological polar surface area (TPSA) is 92.7 Å². The Morgan fingerprint density at radius 3 is 2.38 bits per heavy atom. The average Bonchev–Trinajstić information content (AvgIpc) is 2.84. The zero-order valence-corrected chi connectivity index (χ0v) is 20.4. The van der Waals surface area contributed by atoms with Gasteiger partial charge in [-0.3, -0.25) is 14.6 Å². The summed E-state index contributed by atoms with van der Waals surface area (Å²) >= 11 is 0. The Labute approximate surface area is 219 Å². The minimum atomic E-state index is -4.98. The van der Waals surface area contributed by atoms with Crippen LogP contribution in [0.25, 0.3) is 22.0 Å². The van der Waals surface area contributed by atoms with Gasteiger partial charge in [0.25, 0.3) is 11.1 Å². The number of halogens is 8. The summed E-state index contributed by atoms with van der Waals surface area (Å²) < 4.78 is 109. The first-order valence-corrected chi connectivity index (χ1v) is 11.6. The summed E-state index contributed by atoms with van der Waals surface area (Å²) in [5, 5.41) is 7.53. The van der Waals surface area contributed by atoms with E-state index in [9.17, 15) is 44.7 Å². The Morgan fingerprint density at radius 1 is 1.02 bits per heavy atom. The summed E-state index contributed by atoms with van der Waals surface area (Å²) in [5.41, 5.74) is -5.62. The molecule has 3 aromatic heterocycles. The van der Waals surface area contributed by atoms with Crippen molar-refractivity contribution in [2.45, 2.75) is 44.5 Å². The lowest BCUT2D eigenvalue weighted by atomic mass is 10.0. The van der Waals surface area contributed by atoms with Gasteiger partial charge in [-0.15, -0.1) is 0 Å². The van der Waals surface area contributed by atoms with Crippen LogP contribution >= 0.6 is 0 Å². The Morgan fingerprint density at radius 2 is 1.75 bits per heavy atom. The molecule has 0 radical (unpaired) electrons. The van der Waals surface area contributed by atoms with E-state index in [0.717, 1.165) is 29.0 Å². The van der Waals surface area contributed by atoms with Gasteiger partial charge in [-0.05, 0) is 42.6 Å². The van der Waals surface area contributed by atoms with Gasteiger partial charge in [-0.2, -0.15) is 31.4 Å². The van der Waals surface area contributed by atoms with Gasteiger partial charge in [0.2, 0.25) is 0 Å². The molecule has 0 aliphatic carbocycles. The fourth-order valence-electron chi connectivity index (χ4n) is 4.15. The van der Waals surface area contributed by atoms with Gasteiger partial charge in [-0.1, -0.05) is 0 Å². The molecule has 4 aromatic rings. The first-order valence-electron chi connectivity index (χ1n) is 11.6. The van der Waals surface area contributed by atoms with Crippen molar-refractivity contribution in [2.75, 3.05) is 5.32 Å². The second-order valence-corrected chi connectivity index (χ2v) is 8.99.